The molecule has 0 radical (unpaired) electrons. The van der Waals surface area contributed by atoms with Gasteiger partial charge in [-0.25, -0.2) is 0 Å². The maximum Gasteiger partial charge on any atom is 0.322 e. The van der Waals surface area contributed by atoms with Crippen molar-refractivity contribution < 1.29 is 9.90 Å². The lowest BCUT2D eigenvalue weighted by molar-refractivity contribution is -0.144. The second kappa shape index (κ2) is 4.63. The van der Waals surface area contributed by atoms with Gasteiger partial charge >= 0.3 is 5.97 Å². The zero-order chi connectivity index (χ0) is 11.9. The van der Waals surface area contributed by atoms with Gasteiger partial charge in [-0.3, -0.25) is 9.69 Å². The molecule has 0 unspecified atom stereocenters. The van der Waals surface area contributed by atoms with Crippen LogP contribution in [-0.4, -0.2) is 49.0 Å². The van der Waals surface area contributed by atoms with Crippen molar-refractivity contribution in [3.63, 3.8) is 0 Å². The average Bonchev–Trinajstić information content (AvgIpc) is 2.72. The van der Waals surface area contributed by atoms with E-state index in [1.807, 2.05) is 23.5 Å². The van der Waals surface area contributed by atoms with Crippen molar-refractivity contribution in [2.45, 2.75) is 41.8 Å². The van der Waals surface area contributed by atoms with Crippen LogP contribution in [0.1, 0.15) is 20.3 Å². The van der Waals surface area contributed by atoms with Gasteiger partial charge in [0.1, 0.15) is 6.04 Å². The van der Waals surface area contributed by atoms with Gasteiger partial charge in [0.15, 0.2) is 0 Å². The molecule has 0 saturated carbocycles. The first-order valence-electron chi connectivity index (χ1n) is 5.44. The van der Waals surface area contributed by atoms with Gasteiger partial charge < -0.3 is 5.11 Å². The maximum atomic E-state index is 11.5. The van der Waals surface area contributed by atoms with Gasteiger partial charge in [-0.15, -0.1) is 23.5 Å². The summed E-state index contributed by atoms with van der Waals surface area (Å²) >= 11 is 7.99. The van der Waals surface area contributed by atoms with E-state index in [-0.39, 0.29) is 16.2 Å². The Morgan fingerprint density at radius 2 is 2.38 bits per heavy atom. The molecule has 2 aliphatic heterocycles. The number of carboxylic acid groups (broad SMARTS) is 1. The number of thiol groups is 1. The zero-order valence-electron chi connectivity index (χ0n) is 9.42. The van der Waals surface area contributed by atoms with Gasteiger partial charge in [-0.05, 0) is 13.3 Å². The molecule has 0 aromatic heterocycles. The van der Waals surface area contributed by atoms with Crippen LogP contribution in [0.3, 0.4) is 0 Å². The zero-order valence-corrected chi connectivity index (χ0v) is 11.9. The van der Waals surface area contributed by atoms with Gasteiger partial charge in [0.25, 0.3) is 0 Å². The number of carboxylic acids is 1. The van der Waals surface area contributed by atoms with E-state index < -0.39 is 5.97 Å². The molecular weight excluding hydrogens is 262 g/mol. The highest BCUT2D eigenvalue weighted by Crippen LogP contribution is 2.53. The summed E-state index contributed by atoms with van der Waals surface area (Å²) in [5, 5.41) is 10.1. The normalized spacial score (nSPS) is 43.6. The van der Waals surface area contributed by atoms with E-state index in [1.165, 1.54) is 0 Å². The smallest absolute Gasteiger partial charge is 0.322 e. The third-order valence-electron chi connectivity index (χ3n) is 3.47. The predicted octanol–water partition coefficient (Wildman–Crippen LogP) is 1.99. The highest BCUT2D eigenvalue weighted by atomic mass is 32.2. The minimum Gasteiger partial charge on any atom is -0.480 e. The van der Waals surface area contributed by atoms with E-state index in [0.717, 1.165) is 17.9 Å². The van der Waals surface area contributed by atoms with Crippen LogP contribution in [-0.2, 0) is 4.79 Å². The Morgan fingerprint density at radius 3 is 2.88 bits per heavy atom. The van der Waals surface area contributed by atoms with Gasteiger partial charge in [-0.2, -0.15) is 12.6 Å². The summed E-state index contributed by atoms with van der Waals surface area (Å²) in [5.74, 6) is 1.06. The minimum absolute atomic E-state index is 0.154. The molecule has 0 spiro atoms. The molecule has 0 aromatic carbocycles. The van der Waals surface area contributed by atoms with Crippen molar-refractivity contribution in [1.29, 1.82) is 0 Å². The molecule has 0 aliphatic carbocycles. The monoisotopic (exact) mass is 279 g/mol. The quantitative estimate of drug-likeness (QED) is 0.773. The summed E-state index contributed by atoms with van der Waals surface area (Å²) in [5.41, 5.74) is 0. The van der Waals surface area contributed by atoms with Crippen LogP contribution in [0.4, 0.5) is 0 Å². The van der Waals surface area contributed by atoms with Crippen molar-refractivity contribution in [1.82, 2.24) is 4.90 Å². The summed E-state index contributed by atoms with van der Waals surface area (Å²) in [7, 11) is 0. The van der Waals surface area contributed by atoms with Crippen molar-refractivity contribution in [2.75, 3.05) is 11.5 Å². The first-order chi connectivity index (χ1) is 7.53. The molecule has 0 bridgehead atoms. The Kier molecular flexibility index (Phi) is 3.74. The van der Waals surface area contributed by atoms with E-state index >= 15 is 0 Å². The lowest BCUT2D eigenvalue weighted by atomic mass is 9.97. The minimum atomic E-state index is -0.686. The molecule has 4 atom stereocenters. The van der Waals surface area contributed by atoms with Crippen molar-refractivity contribution >= 4 is 42.1 Å². The summed E-state index contributed by atoms with van der Waals surface area (Å²) in [6.07, 6.45) is 0.894. The van der Waals surface area contributed by atoms with Crippen LogP contribution in [0.5, 0.6) is 0 Å². The predicted molar refractivity (Wildman–Crippen MR) is 73.4 cm³/mol. The second-order valence-electron chi connectivity index (χ2n) is 4.40. The van der Waals surface area contributed by atoms with E-state index in [2.05, 4.69) is 31.4 Å². The Morgan fingerprint density at radius 1 is 1.69 bits per heavy atom. The Labute approximate surface area is 110 Å². The van der Waals surface area contributed by atoms with E-state index in [9.17, 15) is 9.90 Å². The first kappa shape index (κ1) is 12.9. The van der Waals surface area contributed by atoms with Gasteiger partial charge in [-0.1, -0.05) is 6.92 Å². The van der Waals surface area contributed by atoms with Crippen LogP contribution >= 0.6 is 36.2 Å². The molecule has 92 valence electrons. The molecular formula is C10H17NO2S3. The number of nitrogens with zero attached hydrogens (tertiary/aromatic N) is 1. The third-order valence-corrected chi connectivity index (χ3v) is 7.31. The van der Waals surface area contributed by atoms with E-state index in [0.29, 0.717) is 5.37 Å². The molecule has 2 fully saturated rings. The van der Waals surface area contributed by atoms with Crippen molar-refractivity contribution in [3.05, 3.63) is 0 Å². The number of hydrogen-bond donors (Lipinski definition) is 2. The first-order valence-corrected chi connectivity index (χ1v) is 8.00. The van der Waals surface area contributed by atoms with Gasteiger partial charge in [0.2, 0.25) is 0 Å². The topological polar surface area (TPSA) is 40.5 Å². The van der Waals surface area contributed by atoms with Crippen molar-refractivity contribution in [2.24, 2.45) is 0 Å². The number of aliphatic carboxylic acids is 1. The fourth-order valence-electron chi connectivity index (χ4n) is 2.48. The molecule has 2 aliphatic rings. The number of carbonyl (C=O) groups is 1. The number of thioether (sulfide) groups is 2. The fraction of sp³-hybridized carbons (Fsp3) is 0.900. The lowest BCUT2D eigenvalue weighted by Gasteiger charge is -2.32. The lowest BCUT2D eigenvalue weighted by Crippen LogP contribution is -2.50. The Balaban J connectivity index is 2.29. The Bertz CT molecular complexity index is 302. The number of fused-ring (bicyclic) bond motifs is 1. The molecule has 2 saturated heterocycles. The molecule has 0 aromatic rings. The van der Waals surface area contributed by atoms with Crippen LogP contribution in [0.25, 0.3) is 0 Å². The van der Waals surface area contributed by atoms with Crippen LogP contribution in [0.2, 0.25) is 0 Å². The maximum absolute atomic E-state index is 11.5. The highest BCUT2D eigenvalue weighted by molar-refractivity contribution is 8.05. The van der Waals surface area contributed by atoms with Gasteiger partial charge in [0.05, 0.1) is 10.7 Å². The summed E-state index contributed by atoms with van der Waals surface area (Å²) in [4.78, 5) is 13.7. The third kappa shape index (κ3) is 1.87. The van der Waals surface area contributed by atoms with E-state index in [1.54, 1.807) is 0 Å². The summed E-state index contributed by atoms with van der Waals surface area (Å²) < 4.78 is -0.154. The standard InChI is InChI=1S/C10H17NO2S3/c1-3-10(2)8(9(12)13)11-6(4-14)15-5-7(11)16-10/h6-8,14H,3-5H2,1-2H3,(H,12,13)/t6-,7+,8-,10+/m0/s1. The fourth-order valence-corrected chi connectivity index (χ4v) is 6.21. The van der Waals surface area contributed by atoms with Crippen LogP contribution in [0.15, 0.2) is 0 Å². The number of rotatable bonds is 3. The SMILES string of the molecule is CC[C@@]1(C)S[C@@H]2CS[C@@H](CS)N2[C@H]1C(=O)O. The summed E-state index contributed by atoms with van der Waals surface area (Å²) in [6.45, 7) is 4.16. The number of hydrogen-bond acceptors (Lipinski definition) is 5. The molecule has 3 nitrogen and oxygen atoms in total. The molecule has 2 heterocycles. The molecule has 6 heteroatoms. The average molecular weight is 279 g/mol. The van der Waals surface area contributed by atoms with Crippen LogP contribution in [0, 0.1) is 0 Å². The molecule has 2 rings (SSSR count). The molecule has 0 amide bonds. The van der Waals surface area contributed by atoms with Gasteiger partial charge in [0, 0.05) is 16.3 Å². The largest absolute Gasteiger partial charge is 0.480 e. The summed E-state index contributed by atoms with van der Waals surface area (Å²) in [6, 6.07) is -0.361. The van der Waals surface area contributed by atoms with Crippen molar-refractivity contribution in [3.8, 4) is 0 Å². The molecule has 1 N–H and O–H groups in total. The molecule has 16 heavy (non-hydrogen) atoms. The second-order valence-corrected chi connectivity index (χ2v) is 7.69. The highest BCUT2D eigenvalue weighted by Gasteiger charge is 2.57. The van der Waals surface area contributed by atoms with E-state index in [4.69, 9.17) is 0 Å². The Hall–Kier alpha value is 0.480. The van der Waals surface area contributed by atoms with Crippen LogP contribution < -0.4 is 0 Å².